The van der Waals surface area contributed by atoms with Gasteiger partial charge in [-0.05, 0) is 5.12 Å². The van der Waals surface area contributed by atoms with Crippen LogP contribution in [0.2, 0.25) is 0 Å². The summed E-state index contributed by atoms with van der Waals surface area (Å²) in [6.45, 7) is 0. The van der Waals surface area contributed by atoms with Gasteiger partial charge in [0.25, 0.3) is 0 Å². The molecule has 0 saturated carbocycles. The van der Waals surface area contributed by atoms with Crippen LogP contribution in [-0.4, -0.2) is 58.3 Å². The van der Waals surface area contributed by atoms with Crippen molar-refractivity contribution in [3.8, 4) is 0 Å². The molecule has 0 aromatic rings. The first kappa shape index (κ1) is 26.7. The molecular weight excluding hydrogens is 468 g/mol. The highest BCUT2D eigenvalue weighted by Crippen LogP contribution is 2.59. The van der Waals surface area contributed by atoms with E-state index in [1.807, 2.05) is 0 Å². The molecule has 0 radical (unpaired) electrons. The Morgan fingerprint density at radius 3 is 0.929 bits per heavy atom. The Morgan fingerprint density at radius 2 is 0.679 bits per heavy atom. The van der Waals surface area contributed by atoms with Crippen LogP contribution in [0.25, 0.3) is 0 Å². The van der Waals surface area contributed by atoms with Crippen LogP contribution < -0.4 is 0 Å². The van der Waals surface area contributed by atoms with E-state index in [2.05, 4.69) is 0 Å². The molecule has 0 bridgehead atoms. The van der Waals surface area contributed by atoms with Crippen LogP contribution in [0.3, 0.4) is 0 Å². The minimum atomic E-state index is -8.32. The van der Waals surface area contributed by atoms with Gasteiger partial charge in [0, 0.05) is 0 Å². The zero-order valence-electron chi connectivity index (χ0n) is 11.7. The Labute approximate surface area is 139 Å². The molecule has 0 aliphatic carbocycles. The highest BCUT2D eigenvalue weighted by atomic mass is 19.4. The summed E-state index contributed by atoms with van der Waals surface area (Å²) in [5.41, 5.74) is 0. The number of nitrogens with zero attached hydrogens (tertiary/aromatic N) is 1. The van der Waals surface area contributed by atoms with Gasteiger partial charge in [-0.1, -0.05) is 0 Å². The molecule has 0 saturated heterocycles. The van der Waals surface area contributed by atoms with Gasteiger partial charge in [-0.25, -0.2) is 0 Å². The topological polar surface area (TPSA) is 23.5 Å². The molecule has 0 spiro atoms. The quantitative estimate of drug-likeness (QED) is 0.255. The fourth-order valence-electron chi connectivity index (χ4n) is 1.18. The van der Waals surface area contributed by atoms with Crippen molar-refractivity contribution in [2.75, 3.05) is 0 Å². The Bertz CT molecular complexity index is 521. The Hall–Kier alpha value is -1.34. The van der Waals surface area contributed by atoms with E-state index in [-0.39, 0.29) is 0 Å². The summed E-state index contributed by atoms with van der Waals surface area (Å²) in [7, 11) is 0. The molecule has 0 aliphatic heterocycles. The molecule has 28 heavy (non-hydrogen) atoms. The Morgan fingerprint density at radius 1 is 0.429 bits per heavy atom. The lowest BCUT2D eigenvalue weighted by atomic mass is 10.1. The first-order chi connectivity index (χ1) is 11.7. The number of halogens is 18. The van der Waals surface area contributed by atoms with Crippen molar-refractivity contribution in [3.63, 3.8) is 0 Å². The SMILES string of the molecule is OC(F)(N(F)C(F)(F)C(F)(F)C(F)(F)C(F)(F)F)C(F)(F)C(F)(F)C(F)(F)F. The normalized spacial score (nSPS) is 18.4. The molecule has 0 aliphatic rings. The molecule has 1 atom stereocenters. The number of alkyl halides is 17. The van der Waals surface area contributed by atoms with Gasteiger partial charge in [0.05, 0.1) is 0 Å². The Kier molecular flexibility index (Phi) is 6.02. The van der Waals surface area contributed by atoms with Crippen molar-refractivity contribution in [1.82, 2.24) is 5.12 Å². The first-order valence-corrected chi connectivity index (χ1v) is 5.55. The summed E-state index contributed by atoms with van der Waals surface area (Å²) in [6.07, 6.45) is -15.4. The monoisotopic (exact) mass is 469 g/mol. The smallest absolute Gasteiger partial charge is 0.343 e. The number of hydrogen-bond donors (Lipinski definition) is 1. The van der Waals surface area contributed by atoms with Crippen LogP contribution in [0, 0.1) is 0 Å². The van der Waals surface area contributed by atoms with Gasteiger partial charge in [-0.2, -0.15) is 74.6 Å². The molecule has 1 unspecified atom stereocenters. The molecule has 170 valence electrons. The molecule has 20 heteroatoms. The predicted octanol–water partition coefficient (Wildman–Crippen LogP) is 5.05. The van der Waals surface area contributed by atoms with Crippen LogP contribution in [0.5, 0.6) is 0 Å². The average molecular weight is 469 g/mol. The van der Waals surface area contributed by atoms with Crippen LogP contribution in [-0.2, 0) is 0 Å². The number of hydrogen-bond acceptors (Lipinski definition) is 2. The summed E-state index contributed by atoms with van der Waals surface area (Å²) in [5, 5.41) is 3.28. The zero-order chi connectivity index (χ0) is 23.6. The van der Waals surface area contributed by atoms with Gasteiger partial charge < -0.3 is 5.11 Å². The summed E-state index contributed by atoms with van der Waals surface area (Å²) in [4.78, 5) is 0. The average Bonchev–Trinajstić information content (AvgIpc) is 2.42. The van der Waals surface area contributed by atoms with Gasteiger partial charge in [0.2, 0.25) is 0 Å². The van der Waals surface area contributed by atoms with Gasteiger partial charge in [-0.3, -0.25) is 0 Å². The summed E-state index contributed by atoms with van der Waals surface area (Å²) >= 11 is 0. The lowest BCUT2D eigenvalue weighted by molar-refractivity contribution is -0.516. The fraction of sp³-hybridized carbons (Fsp3) is 1.00. The summed E-state index contributed by atoms with van der Waals surface area (Å²) in [5.74, 6) is -40.5. The molecule has 0 rings (SSSR count). The molecular formula is C8HF18NO. The van der Waals surface area contributed by atoms with Gasteiger partial charge in [0.1, 0.15) is 0 Å². The molecule has 1 N–H and O–H groups in total. The van der Waals surface area contributed by atoms with Crippen molar-refractivity contribution in [1.29, 1.82) is 0 Å². The molecule has 0 heterocycles. The number of rotatable bonds is 6. The maximum absolute atomic E-state index is 13.0. The maximum Gasteiger partial charge on any atom is 0.460 e. The minimum Gasteiger partial charge on any atom is -0.343 e. The minimum absolute atomic E-state index is 4.71. The summed E-state index contributed by atoms with van der Waals surface area (Å²) < 4.78 is 223. The van der Waals surface area contributed by atoms with E-state index < -0.39 is 53.2 Å². The van der Waals surface area contributed by atoms with Crippen molar-refractivity contribution in [3.05, 3.63) is 0 Å². The van der Waals surface area contributed by atoms with Gasteiger partial charge in [0.15, 0.2) is 0 Å². The zero-order valence-corrected chi connectivity index (χ0v) is 11.7. The standard InChI is InChI=1S/C8HF18NO/c9-1(10,5(17,18)19)3(13,14)7(23,24)27(26)8(25,28)4(15,16)2(11,12)6(20,21)22/h28H. The predicted molar refractivity (Wildman–Crippen MR) is 45.8 cm³/mol. The van der Waals surface area contributed by atoms with Crippen LogP contribution in [0.1, 0.15) is 0 Å². The highest BCUT2D eigenvalue weighted by Gasteiger charge is 2.90. The molecule has 2 nitrogen and oxygen atoms in total. The highest BCUT2D eigenvalue weighted by molar-refractivity contribution is 5.04. The third-order valence-corrected chi connectivity index (χ3v) is 2.78. The molecule has 0 aromatic heterocycles. The van der Waals surface area contributed by atoms with E-state index in [1.165, 1.54) is 0 Å². The van der Waals surface area contributed by atoms with E-state index in [9.17, 15) is 79.1 Å². The second kappa shape index (κ2) is 6.33. The van der Waals surface area contributed by atoms with Crippen molar-refractivity contribution >= 4 is 0 Å². The van der Waals surface area contributed by atoms with Gasteiger partial charge >= 0.3 is 48.1 Å². The third kappa shape index (κ3) is 3.30. The summed E-state index contributed by atoms with van der Waals surface area (Å²) in [6, 6.07) is -8.26. The van der Waals surface area contributed by atoms with Crippen LogP contribution in [0.15, 0.2) is 0 Å². The number of aliphatic hydroxyl groups is 1. The van der Waals surface area contributed by atoms with E-state index in [0.717, 1.165) is 0 Å². The molecule has 0 aromatic carbocycles. The fourth-order valence-corrected chi connectivity index (χ4v) is 1.18. The van der Waals surface area contributed by atoms with E-state index in [1.54, 1.807) is 0 Å². The third-order valence-electron chi connectivity index (χ3n) is 2.78. The van der Waals surface area contributed by atoms with Crippen LogP contribution >= 0.6 is 0 Å². The lowest BCUT2D eigenvalue weighted by Crippen LogP contribution is -2.74. The second-order valence-electron chi connectivity index (χ2n) is 4.70. The van der Waals surface area contributed by atoms with E-state index in [4.69, 9.17) is 5.11 Å². The first-order valence-electron chi connectivity index (χ1n) is 5.55. The maximum atomic E-state index is 13.0. The Balaban J connectivity index is 6.50. The van der Waals surface area contributed by atoms with Gasteiger partial charge in [-0.15, -0.1) is 4.48 Å². The van der Waals surface area contributed by atoms with Crippen molar-refractivity contribution < 1.29 is 84.2 Å². The van der Waals surface area contributed by atoms with Crippen molar-refractivity contribution in [2.24, 2.45) is 0 Å². The van der Waals surface area contributed by atoms with Crippen molar-refractivity contribution in [2.45, 2.75) is 48.1 Å². The molecule has 0 amide bonds. The lowest BCUT2D eigenvalue weighted by Gasteiger charge is -2.42. The second-order valence-corrected chi connectivity index (χ2v) is 4.70. The van der Waals surface area contributed by atoms with E-state index >= 15 is 0 Å². The molecule has 0 fully saturated rings. The largest absolute Gasteiger partial charge is 0.460 e. The van der Waals surface area contributed by atoms with E-state index in [0.29, 0.717) is 0 Å². The van der Waals surface area contributed by atoms with Crippen LogP contribution in [0.4, 0.5) is 79.1 Å².